The quantitative estimate of drug-likeness (QED) is 0.322. The van der Waals surface area contributed by atoms with Crippen molar-refractivity contribution in [3.05, 3.63) is 29.6 Å². The Hall–Kier alpha value is -2.15. The number of aryl methyl sites for hydroxylation is 1. The van der Waals surface area contributed by atoms with Gasteiger partial charge in [-0.05, 0) is 38.9 Å². The number of hydrogen-bond acceptors (Lipinski definition) is 5. The molecule has 1 aromatic rings. The molecule has 0 spiro atoms. The summed E-state index contributed by atoms with van der Waals surface area (Å²) in [4.78, 5) is 18.7. The molecule has 1 amide bonds. The maximum Gasteiger partial charge on any atom is 0.253 e. The van der Waals surface area contributed by atoms with Crippen LogP contribution in [0.25, 0.3) is 0 Å². The first kappa shape index (κ1) is 15.2. The smallest absolute Gasteiger partial charge is 0.253 e. The van der Waals surface area contributed by atoms with Gasteiger partial charge in [-0.15, -0.1) is 0 Å². The SMILES string of the molecule is Cc1ncccc1C(=O)NC1(/C(N)=N/O)CCN(C)CC1. The first-order valence-corrected chi connectivity index (χ1v) is 6.89. The topological polar surface area (TPSA) is 104 Å². The average molecular weight is 291 g/mol. The van der Waals surface area contributed by atoms with Crippen molar-refractivity contribution in [2.45, 2.75) is 25.3 Å². The van der Waals surface area contributed by atoms with E-state index in [1.165, 1.54) is 0 Å². The van der Waals surface area contributed by atoms with Crippen LogP contribution in [0.4, 0.5) is 0 Å². The van der Waals surface area contributed by atoms with Crippen molar-refractivity contribution < 1.29 is 10.0 Å². The van der Waals surface area contributed by atoms with Gasteiger partial charge in [-0.1, -0.05) is 5.16 Å². The van der Waals surface area contributed by atoms with Crippen molar-refractivity contribution in [3.8, 4) is 0 Å². The van der Waals surface area contributed by atoms with Crippen molar-refractivity contribution in [2.75, 3.05) is 20.1 Å². The molecule has 1 aromatic heterocycles. The standard InChI is InChI=1S/C14H21N5O2/c1-10-11(4-3-7-16-10)12(20)17-14(13(15)18-21)5-8-19(2)9-6-14/h3-4,7,21H,5-6,8-9H2,1-2H3,(H2,15,18)(H,17,20). The zero-order valence-corrected chi connectivity index (χ0v) is 12.3. The number of likely N-dealkylation sites (tertiary alicyclic amines) is 1. The third-order valence-corrected chi connectivity index (χ3v) is 4.04. The van der Waals surface area contributed by atoms with E-state index in [0.29, 0.717) is 24.1 Å². The van der Waals surface area contributed by atoms with Crippen LogP contribution in [-0.2, 0) is 0 Å². The van der Waals surface area contributed by atoms with Crippen molar-refractivity contribution in [2.24, 2.45) is 10.9 Å². The number of nitrogens with zero attached hydrogens (tertiary/aromatic N) is 3. The number of nitrogens with one attached hydrogen (secondary N) is 1. The normalized spacial score (nSPS) is 19.2. The van der Waals surface area contributed by atoms with Crippen molar-refractivity contribution in [1.82, 2.24) is 15.2 Å². The van der Waals surface area contributed by atoms with Crippen molar-refractivity contribution >= 4 is 11.7 Å². The first-order valence-electron chi connectivity index (χ1n) is 6.89. The fraction of sp³-hybridized carbons (Fsp3) is 0.500. The van der Waals surface area contributed by atoms with Gasteiger partial charge in [-0.2, -0.15) is 0 Å². The molecule has 2 heterocycles. The Morgan fingerprint density at radius 3 is 2.76 bits per heavy atom. The molecular weight excluding hydrogens is 270 g/mol. The number of carbonyl (C=O) groups excluding carboxylic acids is 1. The highest BCUT2D eigenvalue weighted by Gasteiger charge is 2.39. The summed E-state index contributed by atoms with van der Waals surface area (Å²) in [5.74, 6) is -0.206. The van der Waals surface area contributed by atoms with Gasteiger partial charge >= 0.3 is 0 Å². The number of pyridine rings is 1. The van der Waals surface area contributed by atoms with E-state index in [-0.39, 0.29) is 11.7 Å². The molecule has 0 atom stereocenters. The van der Waals surface area contributed by atoms with E-state index in [0.717, 1.165) is 13.1 Å². The van der Waals surface area contributed by atoms with Crippen LogP contribution in [0, 0.1) is 6.92 Å². The van der Waals surface area contributed by atoms with Crippen LogP contribution in [-0.4, -0.2) is 52.5 Å². The lowest BCUT2D eigenvalue weighted by Crippen LogP contribution is -2.62. The van der Waals surface area contributed by atoms with Crippen molar-refractivity contribution in [3.63, 3.8) is 0 Å². The highest BCUT2D eigenvalue weighted by molar-refractivity contribution is 6.00. The Balaban J connectivity index is 2.24. The van der Waals surface area contributed by atoms with Gasteiger partial charge in [0.05, 0.1) is 5.56 Å². The largest absolute Gasteiger partial charge is 0.409 e. The van der Waals surface area contributed by atoms with Crippen LogP contribution in [0.15, 0.2) is 23.5 Å². The number of aromatic nitrogens is 1. The maximum atomic E-state index is 12.5. The molecule has 114 valence electrons. The minimum absolute atomic E-state index is 0.0468. The van der Waals surface area contributed by atoms with Gasteiger partial charge in [0, 0.05) is 25.0 Å². The van der Waals surface area contributed by atoms with Crippen LogP contribution in [0.1, 0.15) is 28.9 Å². The van der Waals surface area contributed by atoms with E-state index in [2.05, 4.69) is 20.4 Å². The molecule has 1 aliphatic rings. The lowest BCUT2D eigenvalue weighted by molar-refractivity contribution is 0.0885. The zero-order chi connectivity index (χ0) is 15.5. The lowest BCUT2D eigenvalue weighted by Gasteiger charge is -2.40. The summed E-state index contributed by atoms with van der Waals surface area (Å²) in [6.45, 7) is 3.31. The Kier molecular flexibility index (Phi) is 4.42. The van der Waals surface area contributed by atoms with Gasteiger partial charge in [-0.25, -0.2) is 0 Å². The van der Waals surface area contributed by atoms with Gasteiger partial charge in [0.2, 0.25) is 0 Å². The van der Waals surface area contributed by atoms with Gasteiger partial charge in [-0.3, -0.25) is 9.78 Å². The molecule has 0 aliphatic carbocycles. The van der Waals surface area contributed by atoms with E-state index in [1.54, 1.807) is 25.3 Å². The minimum Gasteiger partial charge on any atom is -0.409 e. The van der Waals surface area contributed by atoms with Crippen LogP contribution in [0.5, 0.6) is 0 Å². The second-order valence-electron chi connectivity index (χ2n) is 5.46. The molecule has 0 radical (unpaired) electrons. The monoisotopic (exact) mass is 291 g/mol. The third kappa shape index (κ3) is 3.13. The molecule has 7 heteroatoms. The van der Waals surface area contributed by atoms with E-state index in [4.69, 9.17) is 10.9 Å². The molecular formula is C14H21N5O2. The van der Waals surface area contributed by atoms with E-state index in [9.17, 15) is 4.79 Å². The maximum absolute atomic E-state index is 12.5. The number of nitrogens with two attached hydrogens (primary N) is 1. The Morgan fingerprint density at radius 2 is 2.19 bits per heavy atom. The fourth-order valence-corrected chi connectivity index (χ4v) is 2.55. The van der Waals surface area contributed by atoms with Gasteiger partial charge < -0.3 is 21.2 Å². The van der Waals surface area contributed by atoms with Crippen LogP contribution < -0.4 is 11.1 Å². The summed E-state index contributed by atoms with van der Waals surface area (Å²) in [5.41, 5.74) is 6.19. The minimum atomic E-state index is -0.805. The van der Waals surface area contributed by atoms with Gasteiger partial charge in [0.15, 0.2) is 5.84 Å². The molecule has 1 saturated heterocycles. The molecule has 0 saturated carbocycles. The summed E-state index contributed by atoms with van der Waals surface area (Å²) in [6, 6.07) is 3.43. The summed E-state index contributed by atoms with van der Waals surface area (Å²) < 4.78 is 0. The molecule has 0 bridgehead atoms. The number of amides is 1. The molecule has 7 nitrogen and oxygen atoms in total. The number of oxime groups is 1. The number of amidine groups is 1. The second-order valence-corrected chi connectivity index (χ2v) is 5.46. The number of carbonyl (C=O) groups is 1. The molecule has 2 rings (SSSR count). The predicted molar refractivity (Wildman–Crippen MR) is 79.3 cm³/mol. The molecule has 0 aromatic carbocycles. The Bertz CT molecular complexity index is 550. The number of piperidine rings is 1. The first-order chi connectivity index (χ1) is 9.98. The Morgan fingerprint density at radius 1 is 1.52 bits per heavy atom. The Labute approximate surface area is 123 Å². The van der Waals surface area contributed by atoms with Gasteiger partial charge in [0.1, 0.15) is 5.54 Å². The number of hydrogen-bond donors (Lipinski definition) is 3. The van der Waals surface area contributed by atoms with E-state index in [1.807, 2.05) is 7.05 Å². The highest BCUT2D eigenvalue weighted by Crippen LogP contribution is 2.23. The molecule has 0 unspecified atom stereocenters. The molecule has 4 N–H and O–H groups in total. The second kappa shape index (κ2) is 6.09. The van der Waals surface area contributed by atoms with E-state index >= 15 is 0 Å². The predicted octanol–water partition coefficient (Wildman–Crippen LogP) is 0.331. The van der Waals surface area contributed by atoms with E-state index < -0.39 is 5.54 Å². The molecule has 21 heavy (non-hydrogen) atoms. The van der Waals surface area contributed by atoms with Crippen LogP contribution in [0.3, 0.4) is 0 Å². The lowest BCUT2D eigenvalue weighted by atomic mass is 9.86. The average Bonchev–Trinajstić information content (AvgIpc) is 2.49. The molecule has 1 aliphatic heterocycles. The van der Waals surface area contributed by atoms with Gasteiger partial charge in [0.25, 0.3) is 5.91 Å². The zero-order valence-electron chi connectivity index (χ0n) is 12.3. The number of rotatable bonds is 3. The van der Waals surface area contributed by atoms with Crippen LogP contribution in [0.2, 0.25) is 0 Å². The summed E-state index contributed by atoms with van der Waals surface area (Å²) in [6.07, 6.45) is 2.84. The van der Waals surface area contributed by atoms with Crippen molar-refractivity contribution in [1.29, 1.82) is 0 Å². The highest BCUT2D eigenvalue weighted by atomic mass is 16.4. The summed E-state index contributed by atoms with van der Waals surface area (Å²) in [7, 11) is 2.00. The van der Waals surface area contributed by atoms with Crippen LogP contribution >= 0.6 is 0 Å². The third-order valence-electron chi connectivity index (χ3n) is 4.04. The fourth-order valence-electron chi connectivity index (χ4n) is 2.55. The summed E-state index contributed by atoms with van der Waals surface area (Å²) >= 11 is 0. The molecule has 1 fully saturated rings. The summed E-state index contributed by atoms with van der Waals surface area (Å²) in [5, 5.41) is 15.1.